The third kappa shape index (κ3) is 5.26. The zero-order valence-corrected chi connectivity index (χ0v) is 19.1. The van der Waals surface area contributed by atoms with E-state index in [9.17, 15) is 4.79 Å². The molecule has 0 radical (unpaired) electrons. The first kappa shape index (κ1) is 21.7. The highest BCUT2D eigenvalue weighted by atomic mass is 16.5. The van der Waals surface area contributed by atoms with Gasteiger partial charge in [-0.2, -0.15) is 0 Å². The summed E-state index contributed by atoms with van der Waals surface area (Å²) in [6.07, 6.45) is 10.0. The second kappa shape index (κ2) is 10.2. The van der Waals surface area contributed by atoms with E-state index in [-0.39, 0.29) is 12.0 Å². The highest BCUT2D eigenvalue weighted by molar-refractivity contribution is 5.76. The number of hydrogen-bond acceptors (Lipinski definition) is 4. The van der Waals surface area contributed by atoms with Gasteiger partial charge >= 0.3 is 0 Å². The Morgan fingerprint density at radius 3 is 2.44 bits per heavy atom. The number of furan rings is 1. The van der Waals surface area contributed by atoms with Crippen LogP contribution in [0.3, 0.4) is 0 Å². The lowest BCUT2D eigenvalue weighted by Crippen LogP contribution is -2.46. The summed E-state index contributed by atoms with van der Waals surface area (Å²) in [6.45, 7) is 4.75. The molecule has 1 aromatic carbocycles. The molecule has 2 fully saturated rings. The predicted octanol–water partition coefficient (Wildman–Crippen LogP) is 4.10. The number of nitrogens with zero attached hydrogens (tertiary/aromatic N) is 2. The van der Waals surface area contributed by atoms with Gasteiger partial charge in [-0.1, -0.05) is 24.3 Å². The van der Waals surface area contributed by atoms with Crippen molar-refractivity contribution in [2.24, 2.45) is 5.92 Å². The monoisotopic (exact) mass is 436 g/mol. The molecule has 2 saturated heterocycles. The Hall–Kier alpha value is -2.11. The number of benzene rings is 1. The smallest absolute Gasteiger partial charge is 0.223 e. The Kier molecular flexibility index (Phi) is 6.94. The fraction of sp³-hybridized carbons (Fsp3) is 0.593. The zero-order valence-electron chi connectivity index (χ0n) is 19.1. The van der Waals surface area contributed by atoms with Crippen molar-refractivity contribution in [2.45, 2.75) is 63.5 Å². The quantitative estimate of drug-likeness (QED) is 0.625. The largest absolute Gasteiger partial charge is 0.469 e. The number of fused-ring (bicyclic) bond motifs is 1. The lowest BCUT2D eigenvalue weighted by Gasteiger charge is -2.38. The Labute approximate surface area is 191 Å². The molecule has 3 heterocycles. The van der Waals surface area contributed by atoms with Crippen LogP contribution in [-0.2, 0) is 28.8 Å². The highest BCUT2D eigenvalue weighted by Gasteiger charge is 2.31. The number of hydrogen-bond donors (Lipinski definition) is 0. The van der Waals surface area contributed by atoms with Crippen molar-refractivity contribution in [1.82, 2.24) is 9.80 Å². The summed E-state index contributed by atoms with van der Waals surface area (Å²) in [6, 6.07) is 13.4. The molecule has 5 rings (SSSR count). The molecule has 0 spiro atoms. The minimum atomic E-state index is 0.208. The molecule has 0 N–H and O–H groups in total. The lowest BCUT2D eigenvalue weighted by atomic mass is 9.94. The van der Waals surface area contributed by atoms with Crippen LogP contribution in [0.15, 0.2) is 47.1 Å². The van der Waals surface area contributed by atoms with Gasteiger partial charge in [0.25, 0.3) is 0 Å². The van der Waals surface area contributed by atoms with Crippen LogP contribution in [0.1, 0.15) is 49.0 Å². The molecule has 0 bridgehead atoms. The van der Waals surface area contributed by atoms with Gasteiger partial charge in [-0.15, -0.1) is 0 Å². The highest BCUT2D eigenvalue weighted by Crippen LogP contribution is 2.29. The Morgan fingerprint density at radius 2 is 1.78 bits per heavy atom. The van der Waals surface area contributed by atoms with Crippen LogP contribution in [0.25, 0.3) is 0 Å². The fourth-order valence-corrected chi connectivity index (χ4v) is 5.76. The van der Waals surface area contributed by atoms with E-state index in [2.05, 4.69) is 34.1 Å². The van der Waals surface area contributed by atoms with Gasteiger partial charge in [0, 0.05) is 38.6 Å². The summed E-state index contributed by atoms with van der Waals surface area (Å²) in [5, 5.41) is 0. The summed E-state index contributed by atoms with van der Waals surface area (Å²) in [5.41, 5.74) is 3.06. The van der Waals surface area contributed by atoms with Gasteiger partial charge in [-0.05, 0) is 80.8 Å². The summed E-state index contributed by atoms with van der Waals surface area (Å²) < 4.78 is 11.3. The van der Waals surface area contributed by atoms with Crippen molar-refractivity contribution in [3.8, 4) is 0 Å². The summed E-state index contributed by atoms with van der Waals surface area (Å²) >= 11 is 0. The van der Waals surface area contributed by atoms with E-state index in [4.69, 9.17) is 9.15 Å². The normalized spacial score (nSPS) is 22.3. The van der Waals surface area contributed by atoms with Crippen LogP contribution in [0.2, 0.25) is 0 Å². The molecule has 1 amide bonds. The van der Waals surface area contributed by atoms with E-state index in [0.717, 1.165) is 51.4 Å². The molecule has 2 aliphatic heterocycles. The second-order valence-corrected chi connectivity index (χ2v) is 9.82. The van der Waals surface area contributed by atoms with E-state index in [1.807, 2.05) is 12.1 Å². The molecule has 1 aliphatic carbocycles. The van der Waals surface area contributed by atoms with E-state index in [0.29, 0.717) is 24.8 Å². The number of likely N-dealkylation sites (tertiary alicyclic amines) is 1. The van der Waals surface area contributed by atoms with Crippen molar-refractivity contribution in [1.29, 1.82) is 0 Å². The third-order valence-corrected chi connectivity index (χ3v) is 7.64. The van der Waals surface area contributed by atoms with Crippen molar-refractivity contribution < 1.29 is 13.9 Å². The van der Waals surface area contributed by atoms with Crippen LogP contribution in [0, 0.1) is 5.92 Å². The van der Waals surface area contributed by atoms with Crippen LogP contribution in [0.4, 0.5) is 0 Å². The molecule has 1 aromatic heterocycles. The topological polar surface area (TPSA) is 45.9 Å². The molecule has 1 atom stereocenters. The maximum atomic E-state index is 13.1. The van der Waals surface area contributed by atoms with Crippen molar-refractivity contribution in [2.75, 3.05) is 32.8 Å². The molecule has 172 valence electrons. The van der Waals surface area contributed by atoms with Crippen LogP contribution in [-0.4, -0.2) is 60.6 Å². The zero-order chi connectivity index (χ0) is 21.8. The third-order valence-electron chi connectivity index (χ3n) is 7.64. The molecule has 3 aliphatic rings. The van der Waals surface area contributed by atoms with E-state index in [1.165, 1.54) is 36.8 Å². The first-order chi connectivity index (χ1) is 15.7. The molecule has 32 heavy (non-hydrogen) atoms. The maximum Gasteiger partial charge on any atom is 0.223 e. The Morgan fingerprint density at radius 1 is 1.00 bits per heavy atom. The van der Waals surface area contributed by atoms with E-state index in [1.54, 1.807) is 6.26 Å². The first-order valence-corrected chi connectivity index (χ1v) is 12.5. The standard InChI is InChI=1S/C27H36N2O3/c30-27(10-9-25-7-3-15-31-25)29(20-26-8-4-16-32-26)19-21-11-13-28(14-12-21)24-17-22-5-1-2-6-23(22)18-24/h1-3,5-7,15,21,24,26H,4,8-14,16-20H2. The molecule has 5 heteroatoms. The van der Waals surface area contributed by atoms with Gasteiger partial charge in [-0.3, -0.25) is 9.69 Å². The van der Waals surface area contributed by atoms with Gasteiger partial charge in [0.05, 0.1) is 12.4 Å². The average molecular weight is 437 g/mol. The molecule has 2 aromatic rings. The predicted molar refractivity (Wildman–Crippen MR) is 125 cm³/mol. The minimum Gasteiger partial charge on any atom is -0.469 e. The molecule has 1 unspecified atom stereocenters. The van der Waals surface area contributed by atoms with Crippen molar-refractivity contribution in [3.05, 3.63) is 59.5 Å². The van der Waals surface area contributed by atoms with Crippen LogP contribution in [0.5, 0.6) is 0 Å². The Balaban J connectivity index is 1.13. The molecule has 5 nitrogen and oxygen atoms in total. The number of ether oxygens (including phenoxy) is 1. The SMILES string of the molecule is O=C(CCc1ccco1)N(CC1CCN(C2Cc3ccccc3C2)CC1)CC1CCCO1. The van der Waals surface area contributed by atoms with Gasteiger partial charge < -0.3 is 14.1 Å². The van der Waals surface area contributed by atoms with Gasteiger partial charge in [0.2, 0.25) is 5.91 Å². The van der Waals surface area contributed by atoms with Crippen LogP contribution >= 0.6 is 0 Å². The number of piperidine rings is 1. The van der Waals surface area contributed by atoms with E-state index >= 15 is 0 Å². The second-order valence-electron chi connectivity index (χ2n) is 9.82. The van der Waals surface area contributed by atoms with E-state index < -0.39 is 0 Å². The molecule has 0 saturated carbocycles. The number of carbonyl (C=O) groups excluding carboxylic acids is 1. The minimum absolute atomic E-state index is 0.208. The molecular weight excluding hydrogens is 400 g/mol. The van der Waals surface area contributed by atoms with Gasteiger partial charge in [0.15, 0.2) is 0 Å². The average Bonchev–Trinajstić information content (AvgIpc) is 3.59. The number of carbonyl (C=O) groups is 1. The number of aryl methyl sites for hydroxylation is 1. The van der Waals surface area contributed by atoms with Crippen molar-refractivity contribution >= 4 is 5.91 Å². The summed E-state index contributed by atoms with van der Waals surface area (Å²) in [4.78, 5) is 17.9. The fourth-order valence-electron chi connectivity index (χ4n) is 5.76. The number of rotatable bonds is 8. The summed E-state index contributed by atoms with van der Waals surface area (Å²) in [5.74, 6) is 1.72. The molecular formula is C27H36N2O3. The maximum absolute atomic E-state index is 13.1. The lowest BCUT2D eigenvalue weighted by molar-refractivity contribution is -0.133. The summed E-state index contributed by atoms with van der Waals surface area (Å²) in [7, 11) is 0. The van der Waals surface area contributed by atoms with Gasteiger partial charge in [0.1, 0.15) is 5.76 Å². The number of amides is 1. The van der Waals surface area contributed by atoms with Gasteiger partial charge in [-0.25, -0.2) is 0 Å². The first-order valence-electron chi connectivity index (χ1n) is 12.5. The van der Waals surface area contributed by atoms with Crippen molar-refractivity contribution in [3.63, 3.8) is 0 Å². The van der Waals surface area contributed by atoms with Crippen LogP contribution < -0.4 is 0 Å². The Bertz CT molecular complexity index is 842.